The standard InChI is InChI=1S/C19H23N3O3S/c1-11-6-5-8-15(12(11)2)20-19(26)22-21-17(23)14-10-13-7-3-4-9-16(13)25-18(14)24/h3-4,7,9-12,15H,5-6,8H2,1-2H3,(H,21,23)(H2,20,22,26)/t11-,12+,15+/m0/s1. The summed E-state index contributed by atoms with van der Waals surface area (Å²) in [5.41, 5.74) is 4.84. The fourth-order valence-corrected chi connectivity index (χ4v) is 3.59. The number of rotatable bonds is 2. The molecule has 1 aliphatic rings. The lowest BCUT2D eigenvalue weighted by atomic mass is 9.78. The first-order valence-electron chi connectivity index (χ1n) is 8.85. The predicted octanol–water partition coefficient (Wildman–Crippen LogP) is 2.73. The van der Waals surface area contributed by atoms with E-state index in [4.69, 9.17) is 16.6 Å². The van der Waals surface area contributed by atoms with E-state index in [1.807, 2.05) is 6.07 Å². The molecule has 1 aliphatic carbocycles. The Morgan fingerprint density at radius 1 is 1.19 bits per heavy atom. The van der Waals surface area contributed by atoms with E-state index < -0.39 is 11.5 Å². The van der Waals surface area contributed by atoms with Crippen molar-refractivity contribution in [2.75, 3.05) is 0 Å². The van der Waals surface area contributed by atoms with Crippen LogP contribution in [0.25, 0.3) is 11.0 Å². The van der Waals surface area contributed by atoms with Gasteiger partial charge in [0.1, 0.15) is 11.1 Å². The van der Waals surface area contributed by atoms with Gasteiger partial charge in [-0.05, 0) is 42.6 Å². The van der Waals surface area contributed by atoms with Crippen molar-refractivity contribution in [2.45, 2.75) is 39.2 Å². The first kappa shape index (κ1) is 18.4. The van der Waals surface area contributed by atoms with Gasteiger partial charge in [0.05, 0.1) is 0 Å². The van der Waals surface area contributed by atoms with Gasteiger partial charge in [-0.25, -0.2) is 4.79 Å². The molecule has 3 rings (SSSR count). The molecule has 1 heterocycles. The number of carbonyl (C=O) groups is 1. The molecule has 3 N–H and O–H groups in total. The van der Waals surface area contributed by atoms with Gasteiger partial charge in [-0.3, -0.25) is 15.6 Å². The minimum Gasteiger partial charge on any atom is -0.422 e. The molecule has 1 fully saturated rings. The Morgan fingerprint density at radius 2 is 1.96 bits per heavy atom. The number of amides is 1. The molecule has 0 radical (unpaired) electrons. The summed E-state index contributed by atoms with van der Waals surface area (Å²) in [6.45, 7) is 4.46. The summed E-state index contributed by atoms with van der Waals surface area (Å²) in [4.78, 5) is 24.3. The van der Waals surface area contributed by atoms with Gasteiger partial charge in [0.25, 0.3) is 5.91 Å². The Kier molecular flexibility index (Phi) is 5.56. The van der Waals surface area contributed by atoms with Gasteiger partial charge in [0.2, 0.25) is 0 Å². The number of para-hydroxylation sites is 1. The SMILES string of the molecule is C[C@@H]1[C@@H](C)CCC[C@H]1NC(=S)NNC(=O)c1cc2ccccc2oc1=O. The summed E-state index contributed by atoms with van der Waals surface area (Å²) in [5.74, 6) is 0.561. The first-order valence-corrected chi connectivity index (χ1v) is 9.26. The lowest BCUT2D eigenvalue weighted by Crippen LogP contribution is -2.52. The van der Waals surface area contributed by atoms with Gasteiger partial charge in [-0.15, -0.1) is 0 Å². The number of thiocarbonyl (C=S) groups is 1. The van der Waals surface area contributed by atoms with Gasteiger partial charge >= 0.3 is 5.63 Å². The Morgan fingerprint density at radius 3 is 2.77 bits per heavy atom. The fraction of sp³-hybridized carbons (Fsp3) is 0.421. The van der Waals surface area contributed by atoms with Crippen molar-refractivity contribution in [1.82, 2.24) is 16.2 Å². The third-order valence-corrected chi connectivity index (χ3v) is 5.42. The normalized spacial score (nSPS) is 22.6. The molecule has 1 amide bonds. The average Bonchev–Trinajstić information content (AvgIpc) is 2.63. The minimum absolute atomic E-state index is 0.0707. The zero-order valence-electron chi connectivity index (χ0n) is 14.9. The summed E-state index contributed by atoms with van der Waals surface area (Å²) >= 11 is 5.27. The van der Waals surface area contributed by atoms with E-state index in [0.717, 1.165) is 12.8 Å². The molecule has 7 heteroatoms. The number of hydrazine groups is 1. The second-order valence-corrected chi connectivity index (χ2v) is 7.32. The van der Waals surface area contributed by atoms with Crippen molar-refractivity contribution < 1.29 is 9.21 Å². The first-order chi connectivity index (χ1) is 12.5. The number of fused-ring (bicyclic) bond motifs is 1. The number of nitrogens with one attached hydrogen (secondary N) is 3. The van der Waals surface area contributed by atoms with Crippen LogP contribution < -0.4 is 21.8 Å². The lowest BCUT2D eigenvalue weighted by Gasteiger charge is -2.35. The van der Waals surface area contributed by atoms with Crippen LogP contribution in [0.2, 0.25) is 0 Å². The molecule has 0 spiro atoms. The van der Waals surface area contributed by atoms with Crippen molar-refractivity contribution in [2.24, 2.45) is 11.8 Å². The van der Waals surface area contributed by atoms with Gasteiger partial charge in [-0.2, -0.15) is 0 Å². The minimum atomic E-state index is -0.684. The van der Waals surface area contributed by atoms with Crippen LogP contribution in [0.4, 0.5) is 0 Å². The van der Waals surface area contributed by atoms with Crippen LogP contribution in [0.3, 0.4) is 0 Å². The van der Waals surface area contributed by atoms with Gasteiger partial charge < -0.3 is 9.73 Å². The molecular weight excluding hydrogens is 350 g/mol. The molecule has 0 unspecified atom stereocenters. The van der Waals surface area contributed by atoms with Crippen LogP contribution in [0.1, 0.15) is 43.5 Å². The molecule has 1 aromatic carbocycles. The highest BCUT2D eigenvalue weighted by molar-refractivity contribution is 7.80. The summed E-state index contributed by atoms with van der Waals surface area (Å²) in [6.07, 6.45) is 3.44. The van der Waals surface area contributed by atoms with Gasteiger partial charge in [0.15, 0.2) is 5.11 Å². The molecule has 2 aromatic rings. The maximum atomic E-state index is 12.3. The van der Waals surface area contributed by atoms with Gasteiger partial charge in [0, 0.05) is 11.4 Å². The third-order valence-electron chi connectivity index (χ3n) is 5.20. The molecule has 0 saturated heterocycles. The molecule has 138 valence electrons. The topological polar surface area (TPSA) is 83.4 Å². The van der Waals surface area contributed by atoms with Crippen LogP contribution in [0, 0.1) is 11.8 Å². The maximum Gasteiger partial charge on any atom is 0.349 e. The molecule has 26 heavy (non-hydrogen) atoms. The molecule has 0 bridgehead atoms. The van der Waals surface area contributed by atoms with Gasteiger partial charge in [-0.1, -0.05) is 44.9 Å². The number of hydrogen-bond acceptors (Lipinski definition) is 4. The Labute approximate surface area is 157 Å². The van der Waals surface area contributed by atoms with Crippen LogP contribution in [0.15, 0.2) is 39.5 Å². The Bertz CT molecular complexity index is 880. The van der Waals surface area contributed by atoms with Crippen LogP contribution in [0.5, 0.6) is 0 Å². The zero-order chi connectivity index (χ0) is 18.7. The summed E-state index contributed by atoms with van der Waals surface area (Å²) in [7, 11) is 0. The van der Waals surface area contributed by atoms with Crippen molar-refractivity contribution >= 4 is 34.2 Å². The smallest absolute Gasteiger partial charge is 0.349 e. The van der Waals surface area contributed by atoms with E-state index in [2.05, 4.69) is 30.0 Å². The van der Waals surface area contributed by atoms with E-state index >= 15 is 0 Å². The number of carbonyl (C=O) groups excluding carboxylic acids is 1. The summed E-state index contributed by atoms with van der Waals surface area (Å²) in [6, 6.07) is 8.83. The predicted molar refractivity (Wildman–Crippen MR) is 105 cm³/mol. The van der Waals surface area contributed by atoms with E-state index in [9.17, 15) is 9.59 Å². The van der Waals surface area contributed by atoms with Crippen LogP contribution in [-0.4, -0.2) is 17.1 Å². The second kappa shape index (κ2) is 7.86. The van der Waals surface area contributed by atoms with Crippen molar-refractivity contribution in [3.63, 3.8) is 0 Å². The van der Waals surface area contributed by atoms with E-state index in [1.54, 1.807) is 18.2 Å². The summed E-state index contributed by atoms with van der Waals surface area (Å²) < 4.78 is 5.18. The highest BCUT2D eigenvalue weighted by Gasteiger charge is 2.27. The maximum absolute atomic E-state index is 12.3. The number of benzene rings is 1. The van der Waals surface area contributed by atoms with Crippen LogP contribution in [-0.2, 0) is 0 Å². The molecule has 1 saturated carbocycles. The number of hydrogen-bond donors (Lipinski definition) is 3. The Balaban J connectivity index is 1.61. The molecule has 3 atom stereocenters. The average molecular weight is 373 g/mol. The zero-order valence-corrected chi connectivity index (χ0v) is 15.7. The van der Waals surface area contributed by atoms with E-state index in [-0.39, 0.29) is 11.6 Å². The fourth-order valence-electron chi connectivity index (χ4n) is 3.39. The largest absolute Gasteiger partial charge is 0.422 e. The van der Waals surface area contributed by atoms with Crippen molar-refractivity contribution in [3.8, 4) is 0 Å². The molecule has 6 nitrogen and oxygen atoms in total. The van der Waals surface area contributed by atoms with E-state index in [0.29, 0.717) is 27.9 Å². The van der Waals surface area contributed by atoms with E-state index in [1.165, 1.54) is 12.5 Å². The van der Waals surface area contributed by atoms with Crippen molar-refractivity contribution in [3.05, 3.63) is 46.3 Å². The lowest BCUT2D eigenvalue weighted by molar-refractivity contribution is 0.0939. The Hall–Kier alpha value is -2.41. The third kappa shape index (κ3) is 4.04. The quantitative estimate of drug-likeness (QED) is 0.427. The molecule has 1 aromatic heterocycles. The van der Waals surface area contributed by atoms with Crippen molar-refractivity contribution in [1.29, 1.82) is 0 Å². The van der Waals surface area contributed by atoms with Crippen LogP contribution >= 0.6 is 12.2 Å². The monoisotopic (exact) mass is 373 g/mol. The molecular formula is C19H23N3O3S. The second-order valence-electron chi connectivity index (χ2n) is 6.91. The summed E-state index contributed by atoms with van der Waals surface area (Å²) in [5, 5.41) is 4.28. The highest BCUT2D eigenvalue weighted by Crippen LogP contribution is 2.29. The highest BCUT2D eigenvalue weighted by atomic mass is 32.1. The molecule has 0 aliphatic heterocycles.